The molecule has 1 saturated heterocycles. The van der Waals surface area contributed by atoms with Crippen LogP contribution in [-0.2, 0) is 4.74 Å². The Labute approximate surface area is 132 Å². The van der Waals surface area contributed by atoms with E-state index in [2.05, 4.69) is 14.9 Å². The molecule has 3 aromatic rings. The van der Waals surface area contributed by atoms with Crippen molar-refractivity contribution in [1.29, 1.82) is 0 Å². The highest BCUT2D eigenvalue weighted by atomic mass is 35.5. The second-order valence-electron chi connectivity index (χ2n) is 5.11. The molecule has 0 bridgehead atoms. The smallest absolute Gasteiger partial charge is 0.225 e. The number of hydrogen-bond acceptors (Lipinski definition) is 5. The number of ether oxygens (including phenoxy) is 1. The molecule has 3 heterocycles. The number of fused-ring (bicyclic) bond motifs is 1. The lowest BCUT2D eigenvalue weighted by Gasteiger charge is -2.27. The van der Waals surface area contributed by atoms with Crippen molar-refractivity contribution in [2.45, 2.75) is 0 Å². The molecule has 22 heavy (non-hydrogen) atoms. The van der Waals surface area contributed by atoms with Crippen LogP contribution in [0.4, 0.5) is 5.82 Å². The van der Waals surface area contributed by atoms with E-state index >= 15 is 0 Å². The Balaban J connectivity index is 1.84. The molecule has 4 rings (SSSR count). The molecule has 0 atom stereocenters. The number of hydrogen-bond donors (Lipinski definition) is 0. The average molecular weight is 316 g/mol. The Morgan fingerprint density at radius 3 is 2.59 bits per heavy atom. The van der Waals surface area contributed by atoms with Crippen LogP contribution in [0.2, 0.25) is 5.28 Å². The first-order valence-corrected chi connectivity index (χ1v) is 7.54. The van der Waals surface area contributed by atoms with Gasteiger partial charge in [0.1, 0.15) is 11.3 Å². The zero-order valence-corrected chi connectivity index (χ0v) is 12.6. The number of anilines is 1. The van der Waals surface area contributed by atoms with E-state index in [0.29, 0.717) is 18.8 Å². The predicted octanol–water partition coefficient (Wildman–Crippen LogP) is 3.38. The number of benzene rings is 1. The minimum Gasteiger partial charge on any atom is -0.450 e. The second-order valence-corrected chi connectivity index (χ2v) is 5.44. The highest BCUT2D eigenvalue weighted by Crippen LogP contribution is 2.33. The van der Waals surface area contributed by atoms with Crippen molar-refractivity contribution in [2.24, 2.45) is 0 Å². The summed E-state index contributed by atoms with van der Waals surface area (Å²) in [5.74, 6) is 1.50. The summed E-state index contributed by atoms with van der Waals surface area (Å²) in [4.78, 5) is 10.8. The van der Waals surface area contributed by atoms with Crippen molar-refractivity contribution in [3.05, 3.63) is 41.7 Å². The molecule has 1 aliphatic heterocycles. The third-order valence-corrected chi connectivity index (χ3v) is 3.86. The number of nitrogens with zero attached hydrogens (tertiary/aromatic N) is 3. The molecule has 5 nitrogen and oxygen atoms in total. The lowest BCUT2D eigenvalue weighted by molar-refractivity contribution is 0.122. The van der Waals surface area contributed by atoms with Crippen molar-refractivity contribution >= 4 is 28.5 Å². The van der Waals surface area contributed by atoms with Crippen LogP contribution in [0.15, 0.2) is 40.8 Å². The zero-order valence-electron chi connectivity index (χ0n) is 11.8. The fourth-order valence-electron chi connectivity index (χ4n) is 2.62. The summed E-state index contributed by atoms with van der Waals surface area (Å²) >= 11 is 6.08. The van der Waals surface area contributed by atoms with Crippen LogP contribution in [0, 0.1) is 0 Å². The maximum Gasteiger partial charge on any atom is 0.225 e. The highest BCUT2D eigenvalue weighted by molar-refractivity contribution is 6.28. The van der Waals surface area contributed by atoms with Gasteiger partial charge in [-0.25, -0.2) is 4.98 Å². The van der Waals surface area contributed by atoms with Gasteiger partial charge in [-0.3, -0.25) is 0 Å². The molecule has 0 spiro atoms. The van der Waals surface area contributed by atoms with E-state index in [0.717, 1.165) is 35.7 Å². The Kier molecular flexibility index (Phi) is 3.44. The normalized spacial score (nSPS) is 15.4. The van der Waals surface area contributed by atoms with Crippen LogP contribution in [-0.4, -0.2) is 36.3 Å². The molecule has 0 amide bonds. The lowest BCUT2D eigenvalue weighted by atomic mass is 10.2. The molecule has 0 unspecified atom stereocenters. The summed E-state index contributed by atoms with van der Waals surface area (Å²) in [5.41, 5.74) is 2.40. The summed E-state index contributed by atoms with van der Waals surface area (Å²) in [6.07, 6.45) is 0. The first kappa shape index (κ1) is 13.5. The van der Waals surface area contributed by atoms with Crippen LogP contribution in [0.25, 0.3) is 22.4 Å². The third-order valence-electron chi connectivity index (χ3n) is 3.70. The van der Waals surface area contributed by atoms with Crippen LogP contribution >= 0.6 is 11.6 Å². The highest BCUT2D eigenvalue weighted by Gasteiger charge is 2.20. The molecule has 6 heteroatoms. The SMILES string of the molecule is Clc1nc(N2CCOCC2)c2oc(-c3ccccc3)cc2n1. The van der Waals surface area contributed by atoms with E-state index in [1.165, 1.54) is 0 Å². The fourth-order valence-corrected chi connectivity index (χ4v) is 2.79. The summed E-state index contributed by atoms with van der Waals surface area (Å²) in [6.45, 7) is 2.89. The molecule has 1 fully saturated rings. The number of rotatable bonds is 2. The van der Waals surface area contributed by atoms with Gasteiger partial charge in [0.2, 0.25) is 5.28 Å². The van der Waals surface area contributed by atoms with Gasteiger partial charge in [0.05, 0.1) is 13.2 Å². The Morgan fingerprint density at radius 2 is 1.82 bits per heavy atom. The van der Waals surface area contributed by atoms with Gasteiger partial charge in [0.15, 0.2) is 11.4 Å². The first-order chi connectivity index (χ1) is 10.8. The van der Waals surface area contributed by atoms with E-state index < -0.39 is 0 Å². The standard InChI is InChI=1S/C16H14ClN3O2/c17-16-18-12-10-13(11-4-2-1-3-5-11)22-14(12)15(19-16)20-6-8-21-9-7-20/h1-5,10H,6-9H2. The molecule has 0 aliphatic carbocycles. The summed E-state index contributed by atoms with van der Waals surface area (Å²) in [6, 6.07) is 11.8. The average Bonchev–Trinajstić information content (AvgIpc) is 2.99. The molecule has 0 saturated carbocycles. The van der Waals surface area contributed by atoms with E-state index in [9.17, 15) is 0 Å². The maximum atomic E-state index is 6.08. The topological polar surface area (TPSA) is 51.4 Å². The minimum absolute atomic E-state index is 0.231. The third kappa shape index (κ3) is 2.42. The molecule has 0 N–H and O–H groups in total. The van der Waals surface area contributed by atoms with Crippen molar-refractivity contribution in [2.75, 3.05) is 31.2 Å². The van der Waals surface area contributed by atoms with Gasteiger partial charge in [0.25, 0.3) is 0 Å². The first-order valence-electron chi connectivity index (χ1n) is 7.16. The molecule has 1 aliphatic rings. The quantitative estimate of drug-likeness (QED) is 0.679. The fraction of sp³-hybridized carbons (Fsp3) is 0.250. The van der Waals surface area contributed by atoms with Crippen molar-refractivity contribution in [3.8, 4) is 11.3 Å². The van der Waals surface area contributed by atoms with Crippen molar-refractivity contribution in [1.82, 2.24) is 9.97 Å². The van der Waals surface area contributed by atoms with Gasteiger partial charge in [-0.2, -0.15) is 4.98 Å². The van der Waals surface area contributed by atoms with Crippen molar-refractivity contribution in [3.63, 3.8) is 0 Å². The monoisotopic (exact) mass is 315 g/mol. The van der Waals surface area contributed by atoms with Gasteiger partial charge >= 0.3 is 0 Å². The summed E-state index contributed by atoms with van der Waals surface area (Å²) in [7, 11) is 0. The Bertz CT molecular complexity index is 798. The van der Waals surface area contributed by atoms with Gasteiger partial charge in [0, 0.05) is 24.7 Å². The maximum absolute atomic E-state index is 6.08. The number of halogens is 1. The molecule has 1 aromatic carbocycles. The Morgan fingerprint density at radius 1 is 1.05 bits per heavy atom. The summed E-state index contributed by atoms with van der Waals surface area (Å²) in [5, 5.41) is 0.231. The van der Waals surface area contributed by atoms with Crippen molar-refractivity contribution < 1.29 is 9.15 Å². The number of furan rings is 1. The van der Waals surface area contributed by atoms with Gasteiger partial charge < -0.3 is 14.1 Å². The van der Waals surface area contributed by atoms with Crippen LogP contribution in [0.5, 0.6) is 0 Å². The van der Waals surface area contributed by atoms with Crippen LogP contribution in [0.3, 0.4) is 0 Å². The molecular weight excluding hydrogens is 302 g/mol. The molecular formula is C16H14ClN3O2. The van der Waals surface area contributed by atoms with E-state index in [4.69, 9.17) is 20.8 Å². The van der Waals surface area contributed by atoms with Crippen LogP contribution < -0.4 is 4.90 Å². The van der Waals surface area contributed by atoms with Gasteiger partial charge in [-0.15, -0.1) is 0 Å². The van der Waals surface area contributed by atoms with E-state index in [1.807, 2.05) is 36.4 Å². The number of aromatic nitrogens is 2. The number of morpholine rings is 1. The van der Waals surface area contributed by atoms with E-state index in [-0.39, 0.29) is 5.28 Å². The van der Waals surface area contributed by atoms with E-state index in [1.54, 1.807) is 0 Å². The zero-order chi connectivity index (χ0) is 14.9. The van der Waals surface area contributed by atoms with Gasteiger partial charge in [-0.1, -0.05) is 30.3 Å². The Hall–Kier alpha value is -2.11. The molecule has 2 aromatic heterocycles. The lowest BCUT2D eigenvalue weighted by Crippen LogP contribution is -2.36. The largest absolute Gasteiger partial charge is 0.450 e. The second kappa shape index (κ2) is 5.59. The molecule has 0 radical (unpaired) electrons. The minimum atomic E-state index is 0.231. The van der Waals surface area contributed by atoms with Crippen LogP contribution in [0.1, 0.15) is 0 Å². The molecule has 112 valence electrons. The van der Waals surface area contributed by atoms with Gasteiger partial charge in [-0.05, 0) is 11.6 Å². The summed E-state index contributed by atoms with van der Waals surface area (Å²) < 4.78 is 11.4. The predicted molar refractivity (Wildman–Crippen MR) is 85.3 cm³/mol.